The van der Waals surface area contributed by atoms with E-state index < -0.39 is 0 Å². The Morgan fingerprint density at radius 3 is 2.47 bits per heavy atom. The van der Waals surface area contributed by atoms with Crippen LogP contribution in [0.1, 0.15) is 35.8 Å². The summed E-state index contributed by atoms with van der Waals surface area (Å²) < 4.78 is 0. The maximum atomic E-state index is 12.3. The molecule has 5 nitrogen and oxygen atoms in total. The summed E-state index contributed by atoms with van der Waals surface area (Å²) in [5, 5.41) is 3.20. The Morgan fingerprint density at radius 1 is 1.26 bits per heavy atom. The first-order valence-electron chi connectivity index (χ1n) is 6.32. The van der Waals surface area contributed by atoms with Crippen LogP contribution in [0.15, 0.2) is 16.9 Å². The van der Waals surface area contributed by atoms with Crippen molar-refractivity contribution in [2.75, 3.05) is 26.2 Å². The standard InChI is InChI=1S/C13H19N3O2.ClH/c1-9(2)11-7-10(8-12(17)15-11)13(18)16-5-3-14-4-6-16;/h7-9,14H,3-6H2,1-2H3,(H,15,17);1H. The Kier molecular flexibility index (Phi) is 5.57. The van der Waals surface area contributed by atoms with Crippen molar-refractivity contribution in [2.45, 2.75) is 19.8 Å². The fraction of sp³-hybridized carbons (Fsp3) is 0.538. The number of carbonyl (C=O) groups is 1. The number of nitrogens with zero attached hydrogens (tertiary/aromatic N) is 1. The van der Waals surface area contributed by atoms with E-state index in [2.05, 4.69) is 10.3 Å². The summed E-state index contributed by atoms with van der Waals surface area (Å²) in [5.41, 5.74) is 1.09. The molecule has 0 atom stereocenters. The summed E-state index contributed by atoms with van der Waals surface area (Å²) in [7, 11) is 0. The summed E-state index contributed by atoms with van der Waals surface area (Å²) >= 11 is 0. The minimum absolute atomic E-state index is 0. The first kappa shape index (κ1) is 15.7. The SMILES string of the molecule is CC(C)c1cc(C(=O)N2CCNCC2)cc(=O)[nH]1.Cl. The van der Waals surface area contributed by atoms with Crippen LogP contribution in [0, 0.1) is 0 Å². The van der Waals surface area contributed by atoms with Crippen molar-refractivity contribution in [3.8, 4) is 0 Å². The average Bonchev–Trinajstić information content (AvgIpc) is 2.38. The van der Waals surface area contributed by atoms with Crippen LogP contribution in [0.2, 0.25) is 0 Å². The molecule has 0 unspecified atom stereocenters. The fourth-order valence-electron chi connectivity index (χ4n) is 2.05. The first-order valence-corrected chi connectivity index (χ1v) is 6.32. The number of nitrogens with one attached hydrogen (secondary N) is 2. The Morgan fingerprint density at radius 2 is 1.89 bits per heavy atom. The number of H-pyrrole nitrogens is 1. The Balaban J connectivity index is 0.00000180. The van der Waals surface area contributed by atoms with Crippen LogP contribution in [0.3, 0.4) is 0 Å². The highest BCUT2D eigenvalue weighted by molar-refractivity contribution is 5.94. The van der Waals surface area contributed by atoms with E-state index in [1.807, 2.05) is 13.8 Å². The molecule has 1 saturated heterocycles. The lowest BCUT2D eigenvalue weighted by Crippen LogP contribution is -2.46. The molecule has 0 saturated carbocycles. The second-order valence-corrected chi connectivity index (χ2v) is 4.89. The van der Waals surface area contributed by atoms with Crippen molar-refractivity contribution in [3.05, 3.63) is 33.7 Å². The van der Waals surface area contributed by atoms with Gasteiger partial charge in [0.1, 0.15) is 0 Å². The predicted octanol–water partition coefficient (Wildman–Crippen LogP) is 0.965. The lowest BCUT2D eigenvalue weighted by molar-refractivity contribution is 0.0735. The number of hydrogen-bond donors (Lipinski definition) is 2. The molecule has 106 valence electrons. The zero-order valence-electron chi connectivity index (χ0n) is 11.2. The third kappa shape index (κ3) is 3.81. The van der Waals surface area contributed by atoms with Gasteiger partial charge in [-0.15, -0.1) is 12.4 Å². The third-order valence-corrected chi connectivity index (χ3v) is 3.14. The Hall–Kier alpha value is -1.33. The summed E-state index contributed by atoms with van der Waals surface area (Å²) in [4.78, 5) is 28.4. The lowest BCUT2D eigenvalue weighted by atomic mass is 10.1. The minimum Gasteiger partial charge on any atom is -0.336 e. The van der Waals surface area contributed by atoms with E-state index in [4.69, 9.17) is 0 Å². The molecule has 0 bridgehead atoms. The van der Waals surface area contributed by atoms with Crippen LogP contribution < -0.4 is 10.9 Å². The van der Waals surface area contributed by atoms with Gasteiger partial charge in [-0.25, -0.2) is 0 Å². The molecule has 1 fully saturated rings. The number of aromatic amines is 1. The fourth-order valence-corrected chi connectivity index (χ4v) is 2.05. The van der Waals surface area contributed by atoms with Gasteiger partial charge in [-0.05, 0) is 12.0 Å². The van der Waals surface area contributed by atoms with Gasteiger partial charge in [0.25, 0.3) is 5.91 Å². The number of aromatic nitrogens is 1. The molecule has 1 amide bonds. The van der Waals surface area contributed by atoms with Gasteiger partial charge in [0.15, 0.2) is 0 Å². The largest absolute Gasteiger partial charge is 0.336 e. The summed E-state index contributed by atoms with van der Waals surface area (Å²) in [6.07, 6.45) is 0. The molecule has 0 aliphatic carbocycles. The molecule has 0 radical (unpaired) electrons. The highest BCUT2D eigenvalue weighted by atomic mass is 35.5. The topological polar surface area (TPSA) is 65.2 Å². The van der Waals surface area contributed by atoms with Gasteiger partial charge < -0.3 is 15.2 Å². The zero-order valence-corrected chi connectivity index (χ0v) is 12.0. The van der Waals surface area contributed by atoms with E-state index in [-0.39, 0.29) is 29.8 Å². The molecule has 1 aromatic heterocycles. The van der Waals surface area contributed by atoms with Gasteiger partial charge in [0.05, 0.1) is 0 Å². The van der Waals surface area contributed by atoms with E-state index in [0.717, 1.165) is 18.8 Å². The second-order valence-electron chi connectivity index (χ2n) is 4.89. The van der Waals surface area contributed by atoms with Gasteiger partial charge in [0.2, 0.25) is 5.56 Å². The van der Waals surface area contributed by atoms with Crippen LogP contribution in [-0.4, -0.2) is 42.0 Å². The van der Waals surface area contributed by atoms with Crippen molar-refractivity contribution < 1.29 is 4.79 Å². The van der Waals surface area contributed by atoms with Gasteiger partial charge in [-0.1, -0.05) is 13.8 Å². The number of carbonyl (C=O) groups excluding carboxylic acids is 1. The molecule has 0 spiro atoms. The molecule has 2 rings (SSSR count). The third-order valence-electron chi connectivity index (χ3n) is 3.14. The van der Waals surface area contributed by atoms with E-state index >= 15 is 0 Å². The minimum atomic E-state index is -0.209. The molecule has 0 aromatic carbocycles. The Labute approximate surface area is 118 Å². The number of pyridine rings is 1. The smallest absolute Gasteiger partial charge is 0.254 e. The van der Waals surface area contributed by atoms with Crippen molar-refractivity contribution >= 4 is 18.3 Å². The van der Waals surface area contributed by atoms with Gasteiger partial charge in [-0.3, -0.25) is 9.59 Å². The maximum absolute atomic E-state index is 12.3. The van der Waals surface area contributed by atoms with Crippen molar-refractivity contribution in [3.63, 3.8) is 0 Å². The molecule has 1 aliphatic heterocycles. The van der Waals surface area contributed by atoms with E-state index in [9.17, 15) is 9.59 Å². The van der Waals surface area contributed by atoms with Crippen molar-refractivity contribution in [2.24, 2.45) is 0 Å². The van der Waals surface area contributed by atoms with Gasteiger partial charge in [-0.2, -0.15) is 0 Å². The molecule has 2 N–H and O–H groups in total. The molecular formula is C13H20ClN3O2. The van der Waals surface area contributed by atoms with Gasteiger partial charge in [0, 0.05) is 43.5 Å². The van der Waals surface area contributed by atoms with Gasteiger partial charge >= 0.3 is 0 Å². The average molecular weight is 286 g/mol. The van der Waals surface area contributed by atoms with E-state index in [1.165, 1.54) is 6.07 Å². The van der Waals surface area contributed by atoms with Crippen molar-refractivity contribution in [1.29, 1.82) is 0 Å². The van der Waals surface area contributed by atoms with Crippen LogP contribution in [-0.2, 0) is 0 Å². The number of halogens is 1. The van der Waals surface area contributed by atoms with Crippen LogP contribution in [0.4, 0.5) is 0 Å². The molecule has 1 aliphatic rings. The molecule has 19 heavy (non-hydrogen) atoms. The highest BCUT2D eigenvalue weighted by Gasteiger charge is 2.19. The number of amides is 1. The highest BCUT2D eigenvalue weighted by Crippen LogP contribution is 2.12. The molecule has 6 heteroatoms. The molecule has 2 heterocycles. The van der Waals surface area contributed by atoms with Crippen molar-refractivity contribution in [1.82, 2.24) is 15.2 Å². The summed E-state index contributed by atoms with van der Waals surface area (Å²) in [5.74, 6) is 0.151. The van der Waals surface area contributed by atoms with Crippen LogP contribution >= 0.6 is 12.4 Å². The predicted molar refractivity (Wildman–Crippen MR) is 77.2 cm³/mol. The Bertz CT molecular complexity index is 493. The summed E-state index contributed by atoms with van der Waals surface area (Å²) in [6.45, 7) is 7.00. The van der Waals surface area contributed by atoms with E-state index in [0.29, 0.717) is 18.7 Å². The molecule has 1 aromatic rings. The molecular weight excluding hydrogens is 266 g/mol. The van der Waals surface area contributed by atoms with Crippen LogP contribution in [0.5, 0.6) is 0 Å². The maximum Gasteiger partial charge on any atom is 0.254 e. The lowest BCUT2D eigenvalue weighted by Gasteiger charge is -2.27. The normalized spacial score (nSPS) is 15.2. The first-order chi connectivity index (χ1) is 8.58. The number of rotatable bonds is 2. The number of piperazine rings is 1. The van der Waals surface area contributed by atoms with Crippen LogP contribution in [0.25, 0.3) is 0 Å². The summed E-state index contributed by atoms with van der Waals surface area (Å²) in [6, 6.07) is 3.17. The van der Waals surface area contributed by atoms with E-state index in [1.54, 1.807) is 11.0 Å². The monoisotopic (exact) mass is 285 g/mol. The quantitative estimate of drug-likeness (QED) is 0.851. The number of hydrogen-bond acceptors (Lipinski definition) is 3. The second kappa shape index (κ2) is 6.73. The zero-order chi connectivity index (χ0) is 13.1.